The summed E-state index contributed by atoms with van der Waals surface area (Å²) in [5.41, 5.74) is 3.40. The molecule has 0 saturated carbocycles. The molecule has 0 radical (unpaired) electrons. The second-order valence-corrected chi connectivity index (χ2v) is 5.42. The standard InChI is InChI=1S/C18H18N4O2/c1-22-12-13(6-9-17(22)23)16-11-15(20-18(21-16)24-2)8-7-14-5-3-4-10-19-14/h3-6,9-12H,7-8H2,1-2H3. The topological polar surface area (TPSA) is 69.9 Å². The van der Waals surface area contributed by atoms with Crippen LogP contribution in [-0.4, -0.2) is 26.6 Å². The normalized spacial score (nSPS) is 10.6. The smallest absolute Gasteiger partial charge is 0.316 e. The summed E-state index contributed by atoms with van der Waals surface area (Å²) in [6.45, 7) is 0. The molecule has 0 aliphatic rings. The van der Waals surface area contributed by atoms with Gasteiger partial charge in [0.25, 0.3) is 0 Å². The summed E-state index contributed by atoms with van der Waals surface area (Å²) >= 11 is 0. The molecule has 3 aromatic rings. The van der Waals surface area contributed by atoms with Crippen molar-refractivity contribution in [3.63, 3.8) is 0 Å². The first-order valence-electron chi connectivity index (χ1n) is 7.64. The molecular weight excluding hydrogens is 304 g/mol. The van der Waals surface area contributed by atoms with Gasteiger partial charge in [-0.25, -0.2) is 4.98 Å². The van der Waals surface area contributed by atoms with E-state index in [2.05, 4.69) is 15.0 Å². The molecule has 3 heterocycles. The Kier molecular flexibility index (Phi) is 4.65. The molecule has 3 rings (SSSR count). The number of ether oxygens (including phenoxy) is 1. The third-order valence-corrected chi connectivity index (χ3v) is 3.69. The molecular formula is C18H18N4O2. The van der Waals surface area contributed by atoms with Gasteiger partial charge >= 0.3 is 6.01 Å². The summed E-state index contributed by atoms with van der Waals surface area (Å²) in [5.74, 6) is 0. The Bertz CT molecular complexity index is 891. The minimum Gasteiger partial charge on any atom is -0.467 e. The van der Waals surface area contributed by atoms with Gasteiger partial charge in [0.2, 0.25) is 5.56 Å². The number of pyridine rings is 2. The number of hydrogen-bond donors (Lipinski definition) is 0. The maximum absolute atomic E-state index is 11.6. The van der Waals surface area contributed by atoms with Gasteiger partial charge in [-0.2, -0.15) is 4.98 Å². The molecule has 6 nitrogen and oxygen atoms in total. The van der Waals surface area contributed by atoms with E-state index in [-0.39, 0.29) is 5.56 Å². The lowest BCUT2D eigenvalue weighted by molar-refractivity contribution is 0.378. The summed E-state index contributed by atoms with van der Waals surface area (Å²) in [5, 5.41) is 0. The number of aryl methyl sites for hydroxylation is 3. The monoisotopic (exact) mass is 322 g/mol. The van der Waals surface area contributed by atoms with Crippen molar-refractivity contribution in [2.45, 2.75) is 12.8 Å². The maximum Gasteiger partial charge on any atom is 0.316 e. The fourth-order valence-electron chi connectivity index (χ4n) is 2.39. The first-order valence-corrected chi connectivity index (χ1v) is 7.64. The Morgan fingerprint density at radius 3 is 2.62 bits per heavy atom. The van der Waals surface area contributed by atoms with Crippen LogP contribution in [0.4, 0.5) is 0 Å². The van der Waals surface area contributed by atoms with E-state index in [1.165, 1.54) is 10.6 Å². The Morgan fingerprint density at radius 1 is 1.08 bits per heavy atom. The highest BCUT2D eigenvalue weighted by atomic mass is 16.5. The van der Waals surface area contributed by atoms with Gasteiger partial charge in [-0.05, 0) is 37.1 Å². The summed E-state index contributed by atoms with van der Waals surface area (Å²) < 4.78 is 6.74. The summed E-state index contributed by atoms with van der Waals surface area (Å²) in [4.78, 5) is 24.7. The van der Waals surface area contributed by atoms with Crippen LogP contribution in [0.15, 0.2) is 53.6 Å². The largest absolute Gasteiger partial charge is 0.467 e. The molecule has 6 heteroatoms. The lowest BCUT2D eigenvalue weighted by Crippen LogP contribution is -2.14. The third kappa shape index (κ3) is 3.65. The van der Waals surface area contributed by atoms with Crippen molar-refractivity contribution in [2.24, 2.45) is 7.05 Å². The first kappa shape index (κ1) is 15.9. The Balaban J connectivity index is 1.90. The van der Waals surface area contributed by atoms with Gasteiger partial charge in [0.05, 0.1) is 12.8 Å². The van der Waals surface area contributed by atoms with Crippen LogP contribution in [0.1, 0.15) is 11.4 Å². The molecule has 0 aromatic carbocycles. The van der Waals surface area contributed by atoms with Gasteiger partial charge in [0.15, 0.2) is 0 Å². The van der Waals surface area contributed by atoms with Crippen molar-refractivity contribution in [3.8, 4) is 17.3 Å². The van der Waals surface area contributed by atoms with Crippen LogP contribution in [0.2, 0.25) is 0 Å². The van der Waals surface area contributed by atoms with Crippen LogP contribution in [0.5, 0.6) is 6.01 Å². The number of rotatable bonds is 5. The van der Waals surface area contributed by atoms with Gasteiger partial charge in [-0.3, -0.25) is 9.78 Å². The highest BCUT2D eigenvalue weighted by Gasteiger charge is 2.08. The van der Waals surface area contributed by atoms with E-state index in [1.807, 2.05) is 24.3 Å². The quantitative estimate of drug-likeness (QED) is 0.719. The SMILES string of the molecule is COc1nc(CCc2ccccn2)cc(-c2ccc(=O)n(C)c2)n1. The Hall–Kier alpha value is -3.02. The highest BCUT2D eigenvalue weighted by Crippen LogP contribution is 2.19. The lowest BCUT2D eigenvalue weighted by atomic mass is 10.1. The lowest BCUT2D eigenvalue weighted by Gasteiger charge is -2.08. The molecule has 0 spiro atoms. The zero-order valence-electron chi connectivity index (χ0n) is 13.6. The second kappa shape index (κ2) is 7.04. The van der Waals surface area contributed by atoms with Crippen LogP contribution in [0, 0.1) is 0 Å². The van der Waals surface area contributed by atoms with Gasteiger partial charge in [0, 0.05) is 42.5 Å². The van der Waals surface area contributed by atoms with Crippen LogP contribution in [0.25, 0.3) is 11.3 Å². The van der Waals surface area contributed by atoms with Crippen LogP contribution >= 0.6 is 0 Å². The predicted molar refractivity (Wildman–Crippen MR) is 90.9 cm³/mol. The van der Waals surface area contributed by atoms with E-state index >= 15 is 0 Å². The molecule has 122 valence electrons. The van der Waals surface area contributed by atoms with Crippen LogP contribution < -0.4 is 10.3 Å². The summed E-state index contributed by atoms with van der Waals surface area (Å²) in [6, 6.07) is 11.4. The van der Waals surface area contributed by atoms with Crippen LogP contribution in [0.3, 0.4) is 0 Å². The molecule has 0 fully saturated rings. The van der Waals surface area contributed by atoms with E-state index < -0.39 is 0 Å². The van der Waals surface area contributed by atoms with E-state index in [0.717, 1.165) is 35.5 Å². The minimum absolute atomic E-state index is 0.0600. The van der Waals surface area contributed by atoms with E-state index in [4.69, 9.17) is 4.74 Å². The van der Waals surface area contributed by atoms with Crippen LogP contribution in [-0.2, 0) is 19.9 Å². The highest BCUT2D eigenvalue weighted by molar-refractivity contribution is 5.58. The number of hydrogen-bond acceptors (Lipinski definition) is 5. The van der Waals surface area contributed by atoms with E-state index in [0.29, 0.717) is 6.01 Å². The molecule has 0 amide bonds. The molecule has 0 aliphatic heterocycles. The Morgan fingerprint density at radius 2 is 1.92 bits per heavy atom. The number of aromatic nitrogens is 4. The van der Waals surface area contributed by atoms with Gasteiger partial charge < -0.3 is 9.30 Å². The van der Waals surface area contributed by atoms with Crippen molar-refractivity contribution in [3.05, 3.63) is 70.5 Å². The zero-order chi connectivity index (χ0) is 16.9. The second-order valence-electron chi connectivity index (χ2n) is 5.42. The average Bonchev–Trinajstić information content (AvgIpc) is 2.63. The van der Waals surface area contributed by atoms with Gasteiger partial charge in [-0.15, -0.1) is 0 Å². The summed E-state index contributed by atoms with van der Waals surface area (Å²) in [7, 11) is 3.26. The predicted octanol–water partition coefficient (Wildman–Crippen LogP) is 2.03. The number of nitrogens with zero attached hydrogens (tertiary/aromatic N) is 4. The fourth-order valence-corrected chi connectivity index (χ4v) is 2.39. The Labute approximate surface area is 139 Å². The van der Waals surface area contributed by atoms with Gasteiger partial charge in [-0.1, -0.05) is 6.07 Å². The molecule has 24 heavy (non-hydrogen) atoms. The molecule has 0 bridgehead atoms. The first-order chi connectivity index (χ1) is 11.7. The van der Waals surface area contributed by atoms with Crippen molar-refractivity contribution < 1.29 is 4.74 Å². The van der Waals surface area contributed by atoms with Crippen molar-refractivity contribution in [1.29, 1.82) is 0 Å². The molecule has 0 saturated heterocycles. The van der Waals surface area contributed by atoms with Crippen molar-refractivity contribution >= 4 is 0 Å². The average molecular weight is 322 g/mol. The van der Waals surface area contributed by atoms with E-state index in [1.54, 1.807) is 32.6 Å². The minimum atomic E-state index is -0.0600. The molecule has 0 N–H and O–H groups in total. The van der Waals surface area contributed by atoms with Crippen molar-refractivity contribution in [2.75, 3.05) is 7.11 Å². The fraction of sp³-hybridized carbons (Fsp3) is 0.222. The molecule has 0 aliphatic carbocycles. The van der Waals surface area contributed by atoms with Crippen molar-refractivity contribution in [1.82, 2.24) is 19.5 Å². The third-order valence-electron chi connectivity index (χ3n) is 3.69. The number of methoxy groups -OCH3 is 1. The molecule has 0 unspecified atom stereocenters. The molecule has 3 aromatic heterocycles. The van der Waals surface area contributed by atoms with Gasteiger partial charge in [0.1, 0.15) is 0 Å². The molecule has 0 atom stereocenters. The van der Waals surface area contributed by atoms with E-state index in [9.17, 15) is 4.79 Å². The maximum atomic E-state index is 11.6. The zero-order valence-corrected chi connectivity index (χ0v) is 13.6. The summed E-state index contributed by atoms with van der Waals surface area (Å²) in [6.07, 6.45) is 5.06.